The Morgan fingerprint density at radius 1 is 1.14 bits per heavy atom. The second kappa shape index (κ2) is 15.0. The first-order valence-corrected chi connectivity index (χ1v) is 18.0. The van der Waals surface area contributed by atoms with Gasteiger partial charge in [-0.25, -0.2) is 18.8 Å². The number of amides is 3. The van der Waals surface area contributed by atoms with Gasteiger partial charge >= 0.3 is 18.0 Å². The van der Waals surface area contributed by atoms with Crippen molar-refractivity contribution in [2.45, 2.75) is 31.3 Å². The van der Waals surface area contributed by atoms with E-state index in [0.29, 0.717) is 38.2 Å². The summed E-state index contributed by atoms with van der Waals surface area (Å²) in [7, 11) is 0. The lowest BCUT2D eigenvalue weighted by Crippen LogP contribution is -2.70. The third kappa shape index (κ3) is 7.08. The minimum absolute atomic E-state index is 0.0426. The standard InChI is InChI=1S/C34H34FN5O9S2/c1-3-11-48-34(47)39-9-7-38(8-10-39)25-15-24-21(14-23(25)35)29(42)22(16-37(24)4-2)33(46)49-17-19-18-51-31-27(30(43)40(31)28(19)32(44)45)36-26(41)13-20-6-5-12-50-20/h3,5-6,12,14-16,27,31H,1,4,7-11,13,17-18H2,2H3,(H,36,41)(H,44,45)/t27-,31-/m1/s1. The molecule has 3 amide bonds. The number of carboxylic acid groups (broad SMARTS) is 1. The van der Waals surface area contributed by atoms with Crippen LogP contribution in [0.15, 0.2) is 64.6 Å². The van der Waals surface area contributed by atoms with Gasteiger partial charge in [-0.15, -0.1) is 23.1 Å². The fourth-order valence-corrected chi connectivity index (χ4v) is 8.25. The van der Waals surface area contributed by atoms with E-state index in [1.165, 1.54) is 46.3 Å². The average Bonchev–Trinajstić information content (AvgIpc) is 3.64. The number of aryl methyl sites for hydroxylation is 1. The lowest BCUT2D eigenvalue weighted by atomic mass is 10.0. The number of nitrogens with zero attached hydrogens (tertiary/aromatic N) is 4. The minimum Gasteiger partial charge on any atom is -0.477 e. The van der Waals surface area contributed by atoms with Crippen LogP contribution in [0.4, 0.5) is 14.9 Å². The molecule has 0 spiro atoms. The summed E-state index contributed by atoms with van der Waals surface area (Å²) < 4.78 is 27.7. The van der Waals surface area contributed by atoms with Crippen molar-refractivity contribution in [3.05, 3.63) is 86.2 Å². The van der Waals surface area contributed by atoms with Crippen LogP contribution in [0.2, 0.25) is 0 Å². The lowest BCUT2D eigenvalue weighted by molar-refractivity contribution is -0.150. The second-order valence-corrected chi connectivity index (χ2v) is 14.0. The van der Waals surface area contributed by atoms with Crippen LogP contribution in [-0.2, 0) is 36.8 Å². The Morgan fingerprint density at radius 3 is 2.57 bits per heavy atom. The fourth-order valence-electron chi connectivity index (χ4n) is 6.22. The van der Waals surface area contributed by atoms with Crippen LogP contribution in [0.25, 0.3) is 10.9 Å². The number of benzene rings is 1. The van der Waals surface area contributed by atoms with E-state index in [2.05, 4.69) is 11.9 Å². The van der Waals surface area contributed by atoms with Crippen molar-refractivity contribution in [3.63, 3.8) is 0 Å². The van der Waals surface area contributed by atoms with E-state index in [0.717, 1.165) is 15.8 Å². The van der Waals surface area contributed by atoms with Gasteiger partial charge in [-0.3, -0.25) is 19.3 Å². The Bertz CT molecular complexity index is 2010. The summed E-state index contributed by atoms with van der Waals surface area (Å²) in [6, 6.07) is 5.33. The van der Waals surface area contributed by atoms with Crippen molar-refractivity contribution in [1.82, 2.24) is 19.7 Å². The van der Waals surface area contributed by atoms with Crippen molar-refractivity contribution < 1.29 is 42.9 Å². The number of hydrogen-bond acceptors (Lipinski definition) is 11. The van der Waals surface area contributed by atoms with Gasteiger partial charge in [0.1, 0.15) is 41.7 Å². The summed E-state index contributed by atoms with van der Waals surface area (Å²) in [5.41, 5.74) is -0.684. The van der Waals surface area contributed by atoms with Gasteiger partial charge in [0, 0.05) is 60.5 Å². The van der Waals surface area contributed by atoms with Crippen molar-refractivity contribution >= 4 is 69.5 Å². The lowest BCUT2D eigenvalue weighted by Gasteiger charge is -2.49. The molecule has 17 heteroatoms. The first kappa shape index (κ1) is 35.7. The number of anilines is 1. The molecular weight excluding hydrogens is 706 g/mol. The molecule has 2 aromatic heterocycles. The molecule has 3 aliphatic heterocycles. The first-order chi connectivity index (χ1) is 24.5. The van der Waals surface area contributed by atoms with Crippen molar-refractivity contribution in [3.8, 4) is 0 Å². The van der Waals surface area contributed by atoms with Gasteiger partial charge in [0.05, 0.1) is 17.6 Å². The molecule has 3 aromatic rings. The number of thiophene rings is 1. The van der Waals surface area contributed by atoms with Gasteiger partial charge in [0.25, 0.3) is 5.91 Å². The number of esters is 1. The number of β-lactam (4-membered cyclic amide) rings is 1. The second-order valence-electron chi connectivity index (χ2n) is 11.9. The molecule has 0 bridgehead atoms. The highest BCUT2D eigenvalue weighted by Gasteiger charge is 2.54. The number of nitrogens with one attached hydrogen (secondary N) is 1. The number of pyridine rings is 1. The Hall–Kier alpha value is -5.16. The van der Waals surface area contributed by atoms with Crippen LogP contribution < -0.4 is 15.6 Å². The highest BCUT2D eigenvalue weighted by Crippen LogP contribution is 2.40. The molecule has 0 aliphatic carbocycles. The third-order valence-electron chi connectivity index (χ3n) is 8.77. The quantitative estimate of drug-likeness (QED) is 0.169. The van der Waals surface area contributed by atoms with Crippen LogP contribution in [0.1, 0.15) is 22.2 Å². The molecule has 1 aromatic carbocycles. The molecule has 0 saturated carbocycles. The van der Waals surface area contributed by atoms with Crippen LogP contribution in [0.5, 0.6) is 0 Å². The van der Waals surface area contributed by atoms with Crippen LogP contribution >= 0.6 is 23.1 Å². The van der Waals surface area contributed by atoms with E-state index in [1.807, 2.05) is 11.4 Å². The summed E-state index contributed by atoms with van der Waals surface area (Å²) in [5.74, 6) is -3.98. The van der Waals surface area contributed by atoms with E-state index in [4.69, 9.17) is 9.47 Å². The number of halogens is 1. The molecule has 51 heavy (non-hydrogen) atoms. The Labute approximate surface area is 299 Å². The molecule has 0 radical (unpaired) electrons. The Kier molecular flexibility index (Phi) is 10.5. The molecule has 2 atom stereocenters. The van der Waals surface area contributed by atoms with E-state index < -0.39 is 53.2 Å². The highest BCUT2D eigenvalue weighted by molar-refractivity contribution is 8.00. The number of aliphatic carboxylic acids is 1. The molecule has 2 N–H and O–H groups in total. The number of hydrogen-bond donors (Lipinski definition) is 2. The van der Waals surface area contributed by atoms with Gasteiger partial charge in [0.2, 0.25) is 11.3 Å². The van der Waals surface area contributed by atoms with Crippen LogP contribution in [-0.4, -0.2) is 106 Å². The molecule has 2 fully saturated rings. The van der Waals surface area contributed by atoms with E-state index in [-0.39, 0.29) is 52.6 Å². The number of fused-ring (bicyclic) bond motifs is 2. The molecule has 3 aliphatic rings. The van der Waals surface area contributed by atoms with Crippen molar-refractivity contribution in [1.29, 1.82) is 0 Å². The number of ether oxygens (including phenoxy) is 2. The smallest absolute Gasteiger partial charge is 0.410 e. The van der Waals surface area contributed by atoms with Gasteiger partial charge in [-0.1, -0.05) is 18.7 Å². The third-order valence-corrected chi connectivity index (χ3v) is 11.0. The number of carbonyl (C=O) groups is 5. The molecule has 2 saturated heterocycles. The molecule has 5 heterocycles. The summed E-state index contributed by atoms with van der Waals surface area (Å²) in [6.45, 7) is 6.46. The average molecular weight is 740 g/mol. The number of carbonyl (C=O) groups excluding carboxylic acids is 4. The van der Waals surface area contributed by atoms with Gasteiger partial charge in [0.15, 0.2) is 0 Å². The normalized spacial score (nSPS) is 18.6. The molecule has 0 unspecified atom stereocenters. The molecule has 268 valence electrons. The van der Waals surface area contributed by atoms with E-state index >= 15 is 4.39 Å². The number of aromatic nitrogens is 1. The predicted octanol–water partition coefficient (Wildman–Crippen LogP) is 2.80. The summed E-state index contributed by atoms with van der Waals surface area (Å²) in [6.07, 6.45) is 2.40. The zero-order valence-corrected chi connectivity index (χ0v) is 29.1. The molecular formula is C34H34FN5O9S2. The topological polar surface area (TPSA) is 168 Å². The SMILES string of the molecule is C=CCOC(=O)N1CCN(c2cc3c(cc2F)c(=O)c(C(=O)OCC2=C(C(=O)O)N4C(=O)[C@@H](NC(=O)Cc5cccs5)[C@H]4SC2)cn3CC)CC1. The number of thioether (sulfide) groups is 1. The van der Waals surface area contributed by atoms with Gasteiger partial charge in [-0.05, 0) is 30.5 Å². The molecule has 6 rings (SSSR count). The van der Waals surface area contributed by atoms with Crippen LogP contribution in [0, 0.1) is 5.82 Å². The summed E-state index contributed by atoms with van der Waals surface area (Å²) in [4.78, 5) is 82.0. The maximum atomic E-state index is 15.5. The zero-order chi connectivity index (χ0) is 36.4. The number of carboxylic acids is 1. The van der Waals surface area contributed by atoms with E-state index in [1.54, 1.807) is 22.5 Å². The first-order valence-electron chi connectivity index (χ1n) is 16.0. The van der Waals surface area contributed by atoms with Gasteiger partial charge < -0.3 is 34.3 Å². The predicted molar refractivity (Wildman–Crippen MR) is 187 cm³/mol. The largest absolute Gasteiger partial charge is 0.477 e. The maximum absolute atomic E-state index is 15.5. The monoisotopic (exact) mass is 739 g/mol. The number of piperazine rings is 1. The minimum atomic E-state index is -1.40. The number of rotatable bonds is 11. The fraction of sp³-hybridized carbons (Fsp3) is 0.353. The Morgan fingerprint density at radius 2 is 1.90 bits per heavy atom. The highest BCUT2D eigenvalue weighted by atomic mass is 32.2. The van der Waals surface area contributed by atoms with Gasteiger partial charge in [-0.2, -0.15) is 0 Å². The van der Waals surface area contributed by atoms with Crippen molar-refractivity contribution in [2.24, 2.45) is 0 Å². The Balaban J connectivity index is 1.16. The van der Waals surface area contributed by atoms with Crippen LogP contribution in [0.3, 0.4) is 0 Å². The van der Waals surface area contributed by atoms with Crippen molar-refractivity contribution in [2.75, 3.05) is 50.0 Å². The molecule has 14 nitrogen and oxygen atoms in total. The zero-order valence-electron chi connectivity index (χ0n) is 27.5. The maximum Gasteiger partial charge on any atom is 0.410 e. The summed E-state index contributed by atoms with van der Waals surface area (Å²) >= 11 is 2.63. The van der Waals surface area contributed by atoms with E-state index in [9.17, 15) is 33.9 Å². The summed E-state index contributed by atoms with van der Waals surface area (Å²) in [5, 5.41) is 13.8.